The van der Waals surface area contributed by atoms with Crippen LogP contribution in [0.3, 0.4) is 0 Å². The van der Waals surface area contributed by atoms with Crippen molar-refractivity contribution in [3.8, 4) is 5.75 Å². The fraction of sp³-hybridized carbons (Fsp3) is 0.500. The van der Waals surface area contributed by atoms with E-state index in [1.165, 1.54) is 0 Å². The maximum absolute atomic E-state index is 6.02. The number of anilines is 1. The second-order valence-corrected chi connectivity index (χ2v) is 4.84. The van der Waals surface area contributed by atoms with Crippen LogP contribution in [-0.2, 0) is 6.54 Å². The van der Waals surface area contributed by atoms with Gasteiger partial charge in [-0.15, -0.1) is 0 Å². The molecule has 5 heteroatoms. The Balaban J connectivity index is 2.28. The predicted molar refractivity (Wildman–Crippen MR) is 78.5 cm³/mol. The van der Waals surface area contributed by atoms with E-state index < -0.39 is 0 Å². The number of fused-ring (bicyclic) bond motifs is 1. The van der Waals surface area contributed by atoms with E-state index in [9.17, 15) is 0 Å². The lowest BCUT2D eigenvalue weighted by Gasteiger charge is -2.11. The number of hydrogen-bond donors (Lipinski definition) is 1. The highest BCUT2D eigenvalue weighted by atomic mass is 16.5. The summed E-state index contributed by atoms with van der Waals surface area (Å²) < 4.78 is 7.65. The summed E-state index contributed by atoms with van der Waals surface area (Å²) in [5.41, 5.74) is 7.92. The molecule has 0 unspecified atom stereocenters. The number of hydrogen-bond acceptors (Lipinski definition) is 4. The molecule has 0 spiro atoms. The standard InChI is InChI=1S/C14H22N4O/c1-4-19-12-8-5-7-11-13(12)16-14(15)18(11)10-6-9-17(2)3/h5,7-8H,4,6,9-10H2,1-3H3,(H2,15,16). The Morgan fingerprint density at radius 2 is 2.16 bits per heavy atom. The van der Waals surface area contributed by atoms with Crippen LogP contribution in [0, 0.1) is 0 Å². The van der Waals surface area contributed by atoms with Gasteiger partial charge in [0, 0.05) is 6.54 Å². The van der Waals surface area contributed by atoms with Crippen molar-refractivity contribution in [1.29, 1.82) is 0 Å². The van der Waals surface area contributed by atoms with E-state index in [0.29, 0.717) is 12.6 Å². The van der Waals surface area contributed by atoms with Gasteiger partial charge in [-0.25, -0.2) is 4.98 Å². The number of ether oxygens (including phenoxy) is 1. The van der Waals surface area contributed by atoms with Crippen molar-refractivity contribution < 1.29 is 4.74 Å². The monoisotopic (exact) mass is 262 g/mol. The fourth-order valence-electron chi connectivity index (χ4n) is 2.19. The number of rotatable bonds is 6. The Hall–Kier alpha value is -1.75. The van der Waals surface area contributed by atoms with Crippen LogP contribution in [0.5, 0.6) is 5.75 Å². The Kier molecular flexibility index (Phi) is 4.27. The summed E-state index contributed by atoms with van der Waals surface area (Å²) in [6.45, 7) is 4.50. The summed E-state index contributed by atoms with van der Waals surface area (Å²) in [6, 6.07) is 5.95. The van der Waals surface area contributed by atoms with Gasteiger partial charge in [0.25, 0.3) is 0 Å². The Morgan fingerprint density at radius 3 is 2.84 bits per heavy atom. The largest absolute Gasteiger partial charge is 0.492 e. The molecule has 0 atom stereocenters. The first kappa shape index (κ1) is 13.7. The first-order valence-corrected chi connectivity index (χ1v) is 6.65. The van der Waals surface area contributed by atoms with Crippen LogP contribution < -0.4 is 10.5 Å². The molecule has 0 fully saturated rings. The molecule has 19 heavy (non-hydrogen) atoms. The Morgan fingerprint density at radius 1 is 1.37 bits per heavy atom. The van der Waals surface area contributed by atoms with Gasteiger partial charge in [-0.3, -0.25) is 0 Å². The number of aryl methyl sites for hydroxylation is 1. The molecule has 0 aliphatic heterocycles. The normalized spacial score (nSPS) is 11.4. The number of para-hydroxylation sites is 1. The molecule has 5 nitrogen and oxygen atoms in total. The maximum Gasteiger partial charge on any atom is 0.201 e. The zero-order valence-electron chi connectivity index (χ0n) is 11.9. The lowest BCUT2D eigenvalue weighted by molar-refractivity contribution is 0.343. The van der Waals surface area contributed by atoms with Crippen LogP contribution >= 0.6 is 0 Å². The summed E-state index contributed by atoms with van der Waals surface area (Å²) in [5.74, 6) is 1.36. The molecule has 1 aromatic carbocycles. The lowest BCUT2D eigenvalue weighted by Crippen LogP contribution is -2.15. The van der Waals surface area contributed by atoms with Gasteiger partial charge < -0.3 is 19.9 Å². The predicted octanol–water partition coefficient (Wildman–Crippen LogP) is 1.97. The SMILES string of the molecule is CCOc1cccc2c1nc(N)n2CCCN(C)C. The first-order valence-electron chi connectivity index (χ1n) is 6.65. The molecule has 2 aromatic rings. The molecular formula is C14H22N4O. The van der Waals surface area contributed by atoms with Crippen molar-refractivity contribution >= 4 is 17.0 Å². The number of aromatic nitrogens is 2. The van der Waals surface area contributed by atoms with Gasteiger partial charge in [0.05, 0.1) is 12.1 Å². The topological polar surface area (TPSA) is 56.3 Å². The van der Waals surface area contributed by atoms with Crippen LogP contribution in [0.4, 0.5) is 5.95 Å². The zero-order chi connectivity index (χ0) is 13.8. The number of nitrogen functional groups attached to an aromatic ring is 1. The minimum Gasteiger partial charge on any atom is -0.492 e. The minimum absolute atomic E-state index is 0.556. The molecule has 0 saturated carbocycles. The number of nitrogens with two attached hydrogens (primary N) is 1. The van der Waals surface area contributed by atoms with Crippen molar-refractivity contribution in [1.82, 2.24) is 14.5 Å². The van der Waals surface area contributed by atoms with E-state index in [1.807, 2.05) is 25.1 Å². The third-order valence-electron chi connectivity index (χ3n) is 3.06. The highest BCUT2D eigenvalue weighted by molar-refractivity contribution is 5.84. The lowest BCUT2D eigenvalue weighted by atomic mass is 10.3. The molecule has 0 saturated heterocycles. The summed E-state index contributed by atoms with van der Waals surface area (Å²) in [4.78, 5) is 6.60. The molecule has 2 N–H and O–H groups in total. The van der Waals surface area contributed by atoms with Gasteiger partial charge in [-0.1, -0.05) is 6.07 Å². The summed E-state index contributed by atoms with van der Waals surface area (Å²) in [7, 11) is 4.14. The average Bonchev–Trinajstić information content (AvgIpc) is 2.67. The first-order chi connectivity index (χ1) is 9.13. The summed E-state index contributed by atoms with van der Waals surface area (Å²) in [6.07, 6.45) is 1.04. The average molecular weight is 262 g/mol. The van der Waals surface area contributed by atoms with Gasteiger partial charge in [-0.2, -0.15) is 0 Å². The maximum atomic E-state index is 6.02. The van der Waals surface area contributed by atoms with E-state index in [2.05, 4.69) is 28.5 Å². The van der Waals surface area contributed by atoms with Crippen molar-refractivity contribution in [2.45, 2.75) is 19.9 Å². The minimum atomic E-state index is 0.556. The molecule has 1 aromatic heterocycles. The second kappa shape index (κ2) is 5.93. The van der Waals surface area contributed by atoms with Crippen LogP contribution in [0.1, 0.15) is 13.3 Å². The van der Waals surface area contributed by atoms with Crippen molar-refractivity contribution in [3.05, 3.63) is 18.2 Å². The highest BCUT2D eigenvalue weighted by Crippen LogP contribution is 2.27. The van der Waals surface area contributed by atoms with Crippen molar-refractivity contribution in [2.75, 3.05) is 33.0 Å². The van der Waals surface area contributed by atoms with Crippen LogP contribution in [0.25, 0.3) is 11.0 Å². The molecule has 0 aliphatic carbocycles. The molecule has 0 amide bonds. The van der Waals surface area contributed by atoms with Gasteiger partial charge in [0.15, 0.2) is 0 Å². The number of imidazole rings is 1. The molecule has 0 aliphatic rings. The smallest absolute Gasteiger partial charge is 0.201 e. The third-order valence-corrected chi connectivity index (χ3v) is 3.06. The molecule has 2 rings (SSSR count). The molecule has 0 bridgehead atoms. The number of nitrogens with zero attached hydrogens (tertiary/aromatic N) is 3. The van der Waals surface area contributed by atoms with E-state index >= 15 is 0 Å². The third kappa shape index (κ3) is 2.98. The second-order valence-electron chi connectivity index (χ2n) is 4.84. The van der Waals surface area contributed by atoms with Crippen molar-refractivity contribution in [3.63, 3.8) is 0 Å². The van der Waals surface area contributed by atoms with E-state index in [1.54, 1.807) is 0 Å². The number of benzene rings is 1. The quantitative estimate of drug-likeness (QED) is 0.864. The van der Waals surface area contributed by atoms with Crippen LogP contribution in [0.15, 0.2) is 18.2 Å². The van der Waals surface area contributed by atoms with Crippen molar-refractivity contribution in [2.24, 2.45) is 0 Å². The van der Waals surface area contributed by atoms with E-state index in [0.717, 1.165) is 36.3 Å². The Bertz CT molecular complexity index is 548. The van der Waals surface area contributed by atoms with Gasteiger partial charge in [0.2, 0.25) is 5.95 Å². The van der Waals surface area contributed by atoms with Gasteiger partial charge in [-0.05, 0) is 46.1 Å². The highest BCUT2D eigenvalue weighted by Gasteiger charge is 2.11. The molecule has 104 valence electrons. The zero-order valence-corrected chi connectivity index (χ0v) is 11.9. The van der Waals surface area contributed by atoms with Gasteiger partial charge >= 0.3 is 0 Å². The molecular weight excluding hydrogens is 240 g/mol. The molecule has 1 heterocycles. The van der Waals surface area contributed by atoms with Crippen LogP contribution in [-0.4, -0.2) is 41.7 Å². The van der Waals surface area contributed by atoms with Gasteiger partial charge in [0.1, 0.15) is 11.3 Å². The van der Waals surface area contributed by atoms with Crippen LogP contribution in [0.2, 0.25) is 0 Å². The fourth-order valence-corrected chi connectivity index (χ4v) is 2.19. The molecule has 0 radical (unpaired) electrons. The summed E-state index contributed by atoms with van der Waals surface area (Å²) in [5, 5.41) is 0. The van der Waals surface area contributed by atoms with E-state index in [4.69, 9.17) is 10.5 Å². The summed E-state index contributed by atoms with van der Waals surface area (Å²) >= 11 is 0. The Labute approximate surface area is 114 Å². The van der Waals surface area contributed by atoms with E-state index in [-0.39, 0.29) is 0 Å².